The lowest BCUT2D eigenvalue weighted by atomic mass is 10.1. The SMILES string of the molecule is CN=C(NCCNS(=O)(=O)c1ccn(C)c1)N1CCC(Oc2ccccc2)CC1. The van der Waals surface area contributed by atoms with E-state index in [9.17, 15) is 8.42 Å². The third kappa shape index (κ3) is 5.98. The highest BCUT2D eigenvalue weighted by atomic mass is 32.2. The second-order valence-corrected chi connectivity index (χ2v) is 8.77. The molecule has 1 aromatic heterocycles. The fourth-order valence-electron chi connectivity index (χ4n) is 3.29. The zero-order chi connectivity index (χ0) is 20.7. The third-order valence-corrected chi connectivity index (χ3v) is 6.26. The van der Waals surface area contributed by atoms with E-state index in [0.29, 0.717) is 6.54 Å². The summed E-state index contributed by atoms with van der Waals surface area (Å²) in [5, 5.41) is 3.24. The maximum atomic E-state index is 12.2. The Morgan fingerprint density at radius 2 is 1.90 bits per heavy atom. The van der Waals surface area contributed by atoms with Crippen LogP contribution in [0.15, 0.2) is 58.7 Å². The van der Waals surface area contributed by atoms with E-state index >= 15 is 0 Å². The van der Waals surface area contributed by atoms with Gasteiger partial charge in [-0.3, -0.25) is 4.99 Å². The van der Waals surface area contributed by atoms with Gasteiger partial charge >= 0.3 is 0 Å². The van der Waals surface area contributed by atoms with Gasteiger partial charge in [0, 0.05) is 65.5 Å². The summed E-state index contributed by atoms with van der Waals surface area (Å²) in [5.74, 6) is 1.68. The molecule has 29 heavy (non-hydrogen) atoms. The van der Waals surface area contributed by atoms with Gasteiger partial charge in [-0.25, -0.2) is 13.1 Å². The molecule has 0 amide bonds. The number of benzene rings is 1. The number of nitrogens with zero attached hydrogens (tertiary/aromatic N) is 3. The average Bonchev–Trinajstić information content (AvgIpc) is 3.17. The lowest BCUT2D eigenvalue weighted by Crippen LogP contribution is -2.48. The van der Waals surface area contributed by atoms with E-state index in [4.69, 9.17) is 4.74 Å². The van der Waals surface area contributed by atoms with Crippen molar-refractivity contribution in [2.24, 2.45) is 12.0 Å². The van der Waals surface area contributed by atoms with Crippen LogP contribution in [0.3, 0.4) is 0 Å². The highest BCUT2D eigenvalue weighted by molar-refractivity contribution is 7.89. The molecule has 0 atom stereocenters. The molecule has 0 unspecified atom stereocenters. The quantitative estimate of drug-likeness (QED) is 0.403. The van der Waals surface area contributed by atoms with E-state index in [1.807, 2.05) is 30.3 Å². The minimum absolute atomic E-state index is 0.199. The number of guanidine groups is 1. The van der Waals surface area contributed by atoms with Crippen LogP contribution in [0.25, 0.3) is 0 Å². The molecule has 1 aliphatic heterocycles. The number of likely N-dealkylation sites (tertiary alicyclic amines) is 1. The fraction of sp³-hybridized carbons (Fsp3) is 0.450. The predicted octanol–water partition coefficient (Wildman–Crippen LogP) is 1.42. The van der Waals surface area contributed by atoms with Gasteiger partial charge in [-0.1, -0.05) is 18.2 Å². The zero-order valence-corrected chi connectivity index (χ0v) is 17.7. The molecule has 3 rings (SSSR count). The molecule has 0 aliphatic carbocycles. The van der Waals surface area contributed by atoms with Crippen molar-refractivity contribution in [3.8, 4) is 5.75 Å². The number of hydrogen-bond acceptors (Lipinski definition) is 4. The number of rotatable bonds is 7. The van der Waals surface area contributed by atoms with Crippen LogP contribution in [0.1, 0.15) is 12.8 Å². The van der Waals surface area contributed by atoms with E-state index < -0.39 is 10.0 Å². The number of hydrogen-bond donors (Lipinski definition) is 2. The van der Waals surface area contributed by atoms with Gasteiger partial charge in [0.2, 0.25) is 10.0 Å². The van der Waals surface area contributed by atoms with Gasteiger partial charge in [-0.15, -0.1) is 0 Å². The van der Waals surface area contributed by atoms with Gasteiger partial charge in [-0.05, 0) is 18.2 Å². The first-order chi connectivity index (χ1) is 14.0. The van der Waals surface area contributed by atoms with Crippen LogP contribution in [0.5, 0.6) is 5.75 Å². The van der Waals surface area contributed by atoms with Gasteiger partial charge in [0.1, 0.15) is 11.9 Å². The third-order valence-electron chi connectivity index (χ3n) is 4.81. The normalized spacial score (nSPS) is 16.1. The molecule has 9 heteroatoms. The van der Waals surface area contributed by atoms with E-state index in [0.717, 1.165) is 37.6 Å². The minimum atomic E-state index is -3.49. The molecule has 0 saturated carbocycles. The number of nitrogens with one attached hydrogen (secondary N) is 2. The van der Waals surface area contributed by atoms with Crippen LogP contribution in [0.4, 0.5) is 0 Å². The van der Waals surface area contributed by atoms with Crippen LogP contribution < -0.4 is 14.8 Å². The van der Waals surface area contributed by atoms with Gasteiger partial charge in [0.25, 0.3) is 0 Å². The van der Waals surface area contributed by atoms with Crippen LogP contribution in [0.2, 0.25) is 0 Å². The van der Waals surface area contributed by atoms with Crippen molar-refractivity contribution < 1.29 is 13.2 Å². The molecule has 2 aromatic rings. The molecule has 1 aliphatic rings. The standard InChI is InChI=1S/C20H29N5O3S/c1-21-20(22-11-12-23-29(26,27)19-10-13-24(2)16-19)25-14-8-18(9-15-25)28-17-6-4-3-5-7-17/h3-7,10,13,16,18,23H,8-9,11-12,14-15H2,1-2H3,(H,21,22). The minimum Gasteiger partial charge on any atom is -0.490 e. The maximum absolute atomic E-state index is 12.2. The average molecular weight is 420 g/mol. The summed E-state index contributed by atoms with van der Waals surface area (Å²) in [6.45, 7) is 2.42. The van der Waals surface area contributed by atoms with Crippen molar-refractivity contribution in [2.75, 3.05) is 33.2 Å². The molecule has 1 aromatic carbocycles. The van der Waals surface area contributed by atoms with Gasteiger partial charge in [-0.2, -0.15) is 0 Å². The number of para-hydroxylation sites is 1. The van der Waals surface area contributed by atoms with Crippen molar-refractivity contribution in [1.82, 2.24) is 19.5 Å². The van der Waals surface area contributed by atoms with Crippen molar-refractivity contribution in [3.05, 3.63) is 48.8 Å². The molecule has 2 heterocycles. The van der Waals surface area contributed by atoms with Crippen LogP contribution in [-0.2, 0) is 17.1 Å². The molecule has 1 saturated heterocycles. The number of ether oxygens (including phenoxy) is 1. The number of aliphatic imine (C=N–C) groups is 1. The topological polar surface area (TPSA) is 88.0 Å². The van der Waals surface area contributed by atoms with Crippen molar-refractivity contribution in [1.29, 1.82) is 0 Å². The van der Waals surface area contributed by atoms with Gasteiger partial charge < -0.3 is 19.5 Å². The smallest absolute Gasteiger partial charge is 0.242 e. The van der Waals surface area contributed by atoms with E-state index in [1.165, 1.54) is 0 Å². The Labute approximate surface area is 172 Å². The van der Waals surface area contributed by atoms with Gasteiger partial charge in [0.05, 0.1) is 4.90 Å². The Morgan fingerprint density at radius 3 is 2.52 bits per heavy atom. The predicted molar refractivity (Wildman–Crippen MR) is 114 cm³/mol. The summed E-state index contributed by atoms with van der Waals surface area (Å²) in [6, 6.07) is 11.5. The molecule has 2 N–H and O–H groups in total. The maximum Gasteiger partial charge on any atom is 0.242 e. The highest BCUT2D eigenvalue weighted by Gasteiger charge is 2.22. The lowest BCUT2D eigenvalue weighted by Gasteiger charge is -2.34. The van der Waals surface area contributed by atoms with Crippen LogP contribution in [0, 0.1) is 0 Å². The van der Waals surface area contributed by atoms with E-state index in [2.05, 4.69) is 19.9 Å². The van der Waals surface area contributed by atoms with E-state index in [1.54, 1.807) is 37.1 Å². The Kier molecular flexibility index (Phi) is 7.16. The second kappa shape index (κ2) is 9.80. The zero-order valence-electron chi connectivity index (χ0n) is 16.9. The lowest BCUT2D eigenvalue weighted by molar-refractivity contribution is 0.129. The summed E-state index contributed by atoms with van der Waals surface area (Å²) >= 11 is 0. The second-order valence-electron chi connectivity index (χ2n) is 7.00. The molecular formula is C20H29N5O3S. The van der Waals surface area contributed by atoms with Gasteiger partial charge in [0.15, 0.2) is 5.96 Å². The molecule has 8 nitrogen and oxygen atoms in total. The number of aryl methyl sites for hydroxylation is 1. The summed E-state index contributed by atoms with van der Waals surface area (Å²) in [6.07, 6.45) is 5.31. The molecular weight excluding hydrogens is 390 g/mol. The Hall–Kier alpha value is -2.52. The summed E-state index contributed by atoms with van der Waals surface area (Å²) in [5.41, 5.74) is 0. The molecule has 0 radical (unpaired) electrons. The molecule has 1 fully saturated rings. The first-order valence-electron chi connectivity index (χ1n) is 9.77. The fourth-order valence-corrected chi connectivity index (χ4v) is 4.37. The Bertz CT molecular complexity index is 903. The first kappa shape index (κ1) is 21.2. The first-order valence-corrected chi connectivity index (χ1v) is 11.3. The van der Waals surface area contributed by atoms with Crippen molar-refractivity contribution in [3.63, 3.8) is 0 Å². The van der Waals surface area contributed by atoms with Crippen molar-refractivity contribution >= 4 is 16.0 Å². The molecule has 0 spiro atoms. The van der Waals surface area contributed by atoms with Crippen LogP contribution in [-0.4, -0.2) is 63.2 Å². The number of piperidine rings is 1. The monoisotopic (exact) mass is 419 g/mol. The number of sulfonamides is 1. The molecule has 158 valence electrons. The number of aromatic nitrogens is 1. The van der Waals surface area contributed by atoms with Crippen LogP contribution >= 0.6 is 0 Å². The largest absolute Gasteiger partial charge is 0.490 e. The summed E-state index contributed by atoms with van der Waals surface area (Å²) in [7, 11) is 0.0426. The Morgan fingerprint density at radius 1 is 1.17 bits per heavy atom. The summed E-state index contributed by atoms with van der Waals surface area (Å²) in [4.78, 5) is 6.77. The van der Waals surface area contributed by atoms with Crippen molar-refractivity contribution in [2.45, 2.75) is 23.8 Å². The highest BCUT2D eigenvalue weighted by Crippen LogP contribution is 2.18. The van der Waals surface area contributed by atoms with E-state index in [-0.39, 0.29) is 17.5 Å². The summed E-state index contributed by atoms with van der Waals surface area (Å²) < 4.78 is 34.8. The Balaban J connectivity index is 1.41. The molecule has 0 bridgehead atoms.